The summed E-state index contributed by atoms with van der Waals surface area (Å²) in [6, 6.07) is 17.6. The average Bonchev–Trinajstić information content (AvgIpc) is 2.71. The molecule has 1 heterocycles. The van der Waals surface area contributed by atoms with Crippen LogP contribution in [-0.2, 0) is 23.2 Å². The zero-order valence-electron chi connectivity index (χ0n) is 18.4. The summed E-state index contributed by atoms with van der Waals surface area (Å²) in [7, 11) is 0. The topological polar surface area (TPSA) is 35.6 Å². The number of hydrogen-bond acceptors (Lipinski definition) is 3. The van der Waals surface area contributed by atoms with Gasteiger partial charge < -0.3 is 15.1 Å². The van der Waals surface area contributed by atoms with Crippen LogP contribution in [0, 0.1) is 0 Å². The second kappa shape index (κ2) is 9.45. The van der Waals surface area contributed by atoms with Crippen LogP contribution in [0.3, 0.4) is 0 Å². The summed E-state index contributed by atoms with van der Waals surface area (Å²) in [5, 5.41) is 3.62. The first-order valence-corrected chi connectivity index (χ1v) is 10.7. The van der Waals surface area contributed by atoms with Crippen LogP contribution in [0.15, 0.2) is 48.5 Å². The van der Waals surface area contributed by atoms with E-state index in [9.17, 15) is 4.79 Å². The standard InChI is InChI=1S/C25H35N3O/c1-20(29)27-14-16-28(17-15-27)24-11-6-5-9-22(24)19-26-13-12-21-8-7-10-23(18-21)25(2,3)4/h5-11,18,26H,12-17,19H2,1-4H3. The van der Waals surface area contributed by atoms with Gasteiger partial charge in [0.2, 0.25) is 5.91 Å². The molecule has 0 atom stereocenters. The Bertz CT molecular complexity index is 817. The molecular weight excluding hydrogens is 358 g/mol. The normalized spacial score (nSPS) is 14.9. The fraction of sp³-hybridized carbons (Fsp3) is 0.480. The number of nitrogens with zero attached hydrogens (tertiary/aromatic N) is 2. The maximum atomic E-state index is 11.6. The van der Waals surface area contributed by atoms with Crippen molar-refractivity contribution >= 4 is 11.6 Å². The first kappa shape index (κ1) is 21.4. The van der Waals surface area contributed by atoms with Gasteiger partial charge in [-0.1, -0.05) is 63.2 Å². The number of para-hydroxylation sites is 1. The van der Waals surface area contributed by atoms with E-state index in [1.807, 2.05) is 4.90 Å². The van der Waals surface area contributed by atoms with Crippen LogP contribution in [0.2, 0.25) is 0 Å². The molecular formula is C25H35N3O. The number of anilines is 1. The smallest absolute Gasteiger partial charge is 0.219 e. The maximum absolute atomic E-state index is 11.6. The third-order valence-electron chi connectivity index (χ3n) is 5.76. The lowest BCUT2D eigenvalue weighted by Gasteiger charge is -2.36. The van der Waals surface area contributed by atoms with Crippen LogP contribution < -0.4 is 10.2 Å². The largest absolute Gasteiger partial charge is 0.368 e. The van der Waals surface area contributed by atoms with E-state index in [1.165, 1.54) is 22.4 Å². The first-order valence-electron chi connectivity index (χ1n) is 10.7. The van der Waals surface area contributed by atoms with Gasteiger partial charge in [-0.05, 0) is 41.1 Å². The van der Waals surface area contributed by atoms with E-state index in [4.69, 9.17) is 0 Å². The molecule has 4 heteroatoms. The molecule has 2 aromatic rings. The fourth-order valence-corrected chi connectivity index (χ4v) is 3.88. The molecule has 1 amide bonds. The first-order chi connectivity index (χ1) is 13.8. The van der Waals surface area contributed by atoms with Crippen LogP contribution in [0.4, 0.5) is 5.69 Å². The van der Waals surface area contributed by atoms with Gasteiger partial charge in [-0.2, -0.15) is 0 Å². The van der Waals surface area contributed by atoms with Gasteiger partial charge in [0.05, 0.1) is 0 Å². The fourth-order valence-electron chi connectivity index (χ4n) is 3.88. The van der Waals surface area contributed by atoms with E-state index in [2.05, 4.69) is 79.5 Å². The van der Waals surface area contributed by atoms with E-state index in [-0.39, 0.29) is 11.3 Å². The molecule has 1 saturated heterocycles. The van der Waals surface area contributed by atoms with Crippen molar-refractivity contribution in [1.29, 1.82) is 0 Å². The van der Waals surface area contributed by atoms with Crippen molar-refractivity contribution in [3.63, 3.8) is 0 Å². The molecule has 1 fully saturated rings. The van der Waals surface area contributed by atoms with Crippen molar-refractivity contribution in [2.75, 3.05) is 37.6 Å². The second-order valence-electron chi connectivity index (χ2n) is 9.00. The van der Waals surface area contributed by atoms with Crippen LogP contribution >= 0.6 is 0 Å². The van der Waals surface area contributed by atoms with Crippen molar-refractivity contribution in [3.8, 4) is 0 Å². The lowest BCUT2D eigenvalue weighted by Crippen LogP contribution is -2.48. The Kier molecular flexibility index (Phi) is 6.96. The lowest BCUT2D eigenvalue weighted by atomic mass is 9.86. The highest BCUT2D eigenvalue weighted by molar-refractivity contribution is 5.73. The molecule has 0 spiro atoms. The predicted molar refractivity (Wildman–Crippen MR) is 121 cm³/mol. The predicted octanol–water partition coefficient (Wildman–Crippen LogP) is 3.98. The number of benzene rings is 2. The molecule has 0 aromatic heterocycles. The highest BCUT2D eigenvalue weighted by atomic mass is 16.2. The van der Waals surface area contributed by atoms with Gasteiger partial charge >= 0.3 is 0 Å². The Morgan fingerprint density at radius 3 is 2.41 bits per heavy atom. The SMILES string of the molecule is CC(=O)N1CCN(c2ccccc2CNCCc2cccc(C(C)(C)C)c2)CC1. The number of carbonyl (C=O) groups excluding carboxylic acids is 1. The van der Waals surface area contributed by atoms with E-state index >= 15 is 0 Å². The van der Waals surface area contributed by atoms with E-state index in [1.54, 1.807) is 6.92 Å². The van der Waals surface area contributed by atoms with Crippen LogP contribution in [0.5, 0.6) is 0 Å². The Labute approximate surface area is 175 Å². The molecule has 2 aromatic carbocycles. The Morgan fingerprint density at radius 1 is 1.00 bits per heavy atom. The molecule has 156 valence electrons. The summed E-state index contributed by atoms with van der Waals surface area (Å²) < 4.78 is 0. The summed E-state index contributed by atoms with van der Waals surface area (Å²) >= 11 is 0. The second-order valence-corrected chi connectivity index (χ2v) is 9.00. The van der Waals surface area contributed by atoms with Gasteiger partial charge in [0.1, 0.15) is 0 Å². The number of carbonyl (C=O) groups is 1. The molecule has 0 radical (unpaired) electrons. The maximum Gasteiger partial charge on any atom is 0.219 e. The van der Waals surface area contributed by atoms with E-state index in [0.717, 1.165) is 45.7 Å². The van der Waals surface area contributed by atoms with Crippen molar-refractivity contribution in [1.82, 2.24) is 10.2 Å². The minimum atomic E-state index is 0.176. The van der Waals surface area contributed by atoms with Gasteiger partial charge in [-0.25, -0.2) is 0 Å². The summed E-state index contributed by atoms with van der Waals surface area (Å²) in [6.07, 6.45) is 1.03. The minimum Gasteiger partial charge on any atom is -0.368 e. The molecule has 1 aliphatic rings. The van der Waals surface area contributed by atoms with Crippen molar-refractivity contribution < 1.29 is 4.79 Å². The molecule has 0 saturated carbocycles. The molecule has 4 nitrogen and oxygen atoms in total. The number of hydrogen-bond donors (Lipinski definition) is 1. The molecule has 1 N–H and O–H groups in total. The van der Waals surface area contributed by atoms with Gasteiger partial charge in [-0.3, -0.25) is 4.79 Å². The number of piperazine rings is 1. The highest BCUT2D eigenvalue weighted by Gasteiger charge is 2.20. The molecule has 0 aliphatic carbocycles. The number of nitrogens with one attached hydrogen (secondary N) is 1. The average molecular weight is 394 g/mol. The van der Waals surface area contributed by atoms with Crippen molar-refractivity contribution in [3.05, 3.63) is 65.2 Å². The third kappa shape index (κ3) is 5.83. The van der Waals surface area contributed by atoms with Crippen LogP contribution in [0.1, 0.15) is 44.4 Å². The van der Waals surface area contributed by atoms with Gasteiger partial charge in [-0.15, -0.1) is 0 Å². The highest BCUT2D eigenvalue weighted by Crippen LogP contribution is 2.23. The number of rotatable bonds is 6. The molecule has 1 aliphatic heterocycles. The van der Waals surface area contributed by atoms with Crippen molar-refractivity contribution in [2.45, 2.75) is 46.1 Å². The van der Waals surface area contributed by atoms with E-state index in [0.29, 0.717) is 0 Å². The van der Waals surface area contributed by atoms with Crippen molar-refractivity contribution in [2.24, 2.45) is 0 Å². The quantitative estimate of drug-likeness (QED) is 0.754. The minimum absolute atomic E-state index is 0.176. The van der Waals surface area contributed by atoms with Crippen LogP contribution in [-0.4, -0.2) is 43.5 Å². The lowest BCUT2D eigenvalue weighted by molar-refractivity contribution is -0.129. The molecule has 0 bridgehead atoms. The Morgan fingerprint density at radius 2 is 1.72 bits per heavy atom. The Balaban J connectivity index is 1.54. The molecule has 29 heavy (non-hydrogen) atoms. The number of amides is 1. The van der Waals surface area contributed by atoms with E-state index < -0.39 is 0 Å². The summed E-state index contributed by atoms with van der Waals surface area (Å²) in [5.74, 6) is 0.176. The molecule has 0 unspecified atom stereocenters. The summed E-state index contributed by atoms with van der Waals surface area (Å²) in [4.78, 5) is 15.9. The zero-order valence-corrected chi connectivity index (χ0v) is 18.4. The zero-order chi connectivity index (χ0) is 20.9. The van der Waals surface area contributed by atoms with Gasteiger partial charge in [0.25, 0.3) is 0 Å². The summed E-state index contributed by atoms with van der Waals surface area (Å²) in [6.45, 7) is 13.7. The van der Waals surface area contributed by atoms with Crippen LogP contribution in [0.25, 0.3) is 0 Å². The van der Waals surface area contributed by atoms with Gasteiger partial charge in [0.15, 0.2) is 0 Å². The Hall–Kier alpha value is -2.33. The van der Waals surface area contributed by atoms with Gasteiger partial charge in [0, 0.05) is 45.3 Å². The molecule has 3 rings (SSSR count). The third-order valence-corrected chi connectivity index (χ3v) is 5.76. The summed E-state index contributed by atoms with van der Waals surface area (Å²) in [5.41, 5.74) is 5.59. The monoisotopic (exact) mass is 393 g/mol.